The predicted octanol–water partition coefficient (Wildman–Crippen LogP) is -0.458. The SMILES string of the molecule is CC12CCc3c(ccc4c3CCC(OSOO[O-])C4)C1CCC2O.[Na+]. The molecule has 0 spiro atoms. The van der Waals surface area contributed by atoms with E-state index in [0.717, 1.165) is 44.9 Å². The average molecular weight is 374 g/mol. The van der Waals surface area contributed by atoms with Gasteiger partial charge in [0.1, 0.15) is 0 Å². The van der Waals surface area contributed by atoms with Crippen LogP contribution < -0.4 is 34.8 Å². The minimum atomic E-state index is -0.162. The van der Waals surface area contributed by atoms with Gasteiger partial charge in [-0.3, -0.25) is 9.22 Å². The summed E-state index contributed by atoms with van der Waals surface area (Å²) in [5, 5.41) is 23.6. The zero-order valence-electron chi connectivity index (χ0n) is 14.8. The summed E-state index contributed by atoms with van der Waals surface area (Å²) in [5.41, 5.74) is 5.87. The molecule has 4 unspecified atom stereocenters. The van der Waals surface area contributed by atoms with Crippen LogP contribution in [0.15, 0.2) is 12.1 Å². The molecule has 0 radical (unpaired) electrons. The number of fused-ring (bicyclic) bond motifs is 5. The molecule has 3 aliphatic rings. The molecule has 132 valence electrons. The van der Waals surface area contributed by atoms with Gasteiger partial charge in [-0.05, 0) is 66.7 Å². The van der Waals surface area contributed by atoms with E-state index in [4.69, 9.17) is 4.18 Å². The molecule has 7 heteroatoms. The summed E-state index contributed by atoms with van der Waals surface area (Å²) in [4.78, 5) is 0. The Hall–Kier alpha value is 0.370. The number of aliphatic hydroxyl groups excluding tert-OH is 1. The van der Waals surface area contributed by atoms with E-state index in [9.17, 15) is 10.4 Å². The molecule has 25 heavy (non-hydrogen) atoms. The van der Waals surface area contributed by atoms with Crippen molar-refractivity contribution in [3.63, 3.8) is 0 Å². The van der Waals surface area contributed by atoms with Gasteiger partial charge in [0, 0.05) is 11.8 Å². The molecule has 3 aliphatic carbocycles. The third-order valence-electron chi connectivity index (χ3n) is 6.53. The Morgan fingerprint density at radius 1 is 1.20 bits per heavy atom. The molecule has 0 amide bonds. The third-order valence-corrected chi connectivity index (χ3v) is 7.00. The first-order valence-electron chi connectivity index (χ1n) is 8.73. The Morgan fingerprint density at radius 2 is 2.04 bits per heavy atom. The van der Waals surface area contributed by atoms with Gasteiger partial charge in [0.05, 0.1) is 12.2 Å². The van der Waals surface area contributed by atoms with Crippen LogP contribution in [-0.2, 0) is 32.8 Å². The fourth-order valence-electron chi connectivity index (χ4n) is 5.16. The molecule has 4 rings (SSSR count). The third kappa shape index (κ3) is 3.58. The maximum Gasteiger partial charge on any atom is 1.00 e. The molecule has 0 aromatic heterocycles. The van der Waals surface area contributed by atoms with Gasteiger partial charge in [0.15, 0.2) is 12.3 Å². The molecule has 5 nitrogen and oxygen atoms in total. The molecule has 1 aromatic rings. The number of hydrogen-bond acceptors (Lipinski definition) is 6. The Morgan fingerprint density at radius 3 is 2.84 bits per heavy atom. The van der Waals surface area contributed by atoms with Crippen LogP contribution in [0.1, 0.15) is 60.8 Å². The molecular weight excluding hydrogens is 351 g/mol. The van der Waals surface area contributed by atoms with Crippen LogP contribution in [0.5, 0.6) is 0 Å². The van der Waals surface area contributed by atoms with Crippen LogP contribution in [0.2, 0.25) is 0 Å². The second-order valence-electron chi connectivity index (χ2n) is 7.59. The van der Waals surface area contributed by atoms with Gasteiger partial charge >= 0.3 is 29.6 Å². The van der Waals surface area contributed by atoms with Crippen molar-refractivity contribution in [2.45, 2.75) is 70.0 Å². The quantitative estimate of drug-likeness (QED) is 0.253. The van der Waals surface area contributed by atoms with Gasteiger partial charge in [-0.15, -0.1) is 4.33 Å². The molecule has 1 fully saturated rings. The fraction of sp³-hybridized carbons (Fsp3) is 0.667. The Labute approximate surface area is 175 Å². The molecule has 0 heterocycles. The van der Waals surface area contributed by atoms with E-state index in [-0.39, 0.29) is 47.2 Å². The first-order chi connectivity index (χ1) is 11.6. The molecule has 1 N–H and O–H groups in total. The second kappa shape index (κ2) is 8.17. The molecule has 0 saturated heterocycles. The van der Waals surface area contributed by atoms with Crippen LogP contribution in [0.4, 0.5) is 0 Å². The number of rotatable bonds is 4. The summed E-state index contributed by atoms with van der Waals surface area (Å²) in [6, 6.07) is 4.51. The monoisotopic (exact) mass is 374 g/mol. The van der Waals surface area contributed by atoms with Crippen LogP contribution in [0.25, 0.3) is 0 Å². The molecule has 1 aromatic carbocycles. The number of aliphatic hydroxyl groups is 1. The fourth-order valence-corrected chi connectivity index (χ4v) is 5.49. The second-order valence-corrected chi connectivity index (χ2v) is 8.05. The van der Waals surface area contributed by atoms with Crippen LogP contribution in [-0.4, -0.2) is 17.3 Å². The molecule has 0 bridgehead atoms. The Balaban J connectivity index is 0.00000182. The van der Waals surface area contributed by atoms with Gasteiger partial charge in [-0.1, -0.05) is 19.1 Å². The van der Waals surface area contributed by atoms with Crippen molar-refractivity contribution in [3.8, 4) is 0 Å². The summed E-state index contributed by atoms with van der Waals surface area (Å²) < 4.78 is 9.66. The van der Waals surface area contributed by atoms with Crippen molar-refractivity contribution in [1.82, 2.24) is 0 Å². The van der Waals surface area contributed by atoms with Crippen LogP contribution >= 0.6 is 12.3 Å². The van der Waals surface area contributed by atoms with Crippen molar-refractivity contribution < 1.29 is 53.5 Å². The van der Waals surface area contributed by atoms with E-state index in [1.54, 1.807) is 0 Å². The van der Waals surface area contributed by atoms with Gasteiger partial charge in [-0.2, -0.15) is 0 Å². The number of hydrogen-bond donors (Lipinski definition) is 1. The molecular formula is C18H23NaO5S. The van der Waals surface area contributed by atoms with Crippen LogP contribution in [0.3, 0.4) is 0 Å². The standard InChI is InChI=1S/C18H24O5S.Na/c1-18-9-8-14-13-5-3-12(21-24-23-22-20)10-11(13)2-4-15(14)16(18)6-7-17(18)19;/h2,4,12,16-17,19-20H,3,5-10H2,1H3;/q;+1/p-1. The van der Waals surface area contributed by atoms with Crippen molar-refractivity contribution >= 4 is 12.3 Å². The van der Waals surface area contributed by atoms with Gasteiger partial charge < -0.3 is 10.4 Å². The van der Waals surface area contributed by atoms with E-state index in [1.807, 2.05) is 0 Å². The van der Waals surface area contributed by atoms with Crippen molar-refractivity contribution in [2.24, 2.45) is 5.41 Å². The van der Waals surface area contributed by atoms with Gasteiger partial charge in [0.25, 0.3) is 0 Å². The minimum Gasteiger partial charge on any atom is -0.691 e. The number of benzene rings is 1. The smallest absolute Gasteiger partial charge is 0.691 e. The predicted molar refractivity (Wildman–Crippen MR) is 87.5 cm³/mol. The van der Waals surface area contributed by atoms with E-state index in [2.05, 4.69) is 28.4 Å². The molecule has 0 aliphatic heterocycles. The Kier molecular flexibility index (Phi) is 6.57. The van der Waals surface area contributed by atoms with Crippen molar-refractivity contribution in [3.05, 3.63) is 34.4 Å². The zero-order valence-corrected chi connectivity index (χ0v) is 17.6. The minimum absolute atomic E-state index is 0. The summed E-state index contributed by atoms with van der Waals surface area (Å²) in [7, 11) is 0. The van der Waals surface area contributed by atoms with Gasteiger partial charge in [-0.25, -0.2) is 0 Å². The van der Waals surface area contributed by atoms with E-state index in [1.165, 1.54) is 22.3 Å². The van der Waals surface area contributed by atoms with E-state index in [0.29, 0.717) is 18.2 Å². The van der Waals surface area contributed by atoms with Crippen molar-refractivity contribution in [2.75, 3.05) is 0 Å². The molecule has 4 atom stereocenters. The van der Waals surface area contributed by atoms with E-state index < -0.39 is 0 Å². The summed E-state index contributed by atoms with van der Waals surface area (Å²) in [6.45, 7) is 2.26. The van der Waals surface area contributed by atoms with E-state index >= 15 is 0 Å². The molecule has 1 saturated carbocycles. The summed E-state index contributed by atoms with van der Waals surface area (Å²) >= 11 is 0.613. The first kappa shape index (κ1) is 20.1. The average Bonchev–Trinajstić information content (AvgIpc) is 2.90. The van der Waals surface area contributed by atoms with Crippen LogP contribution in [0, 0.1) is 5.41 Å². The normalized spacial score (nSPS) is 33.2. The first-order valence-corrected chi connectivity index (χ1v) is 9.40. The van der Waals surface area contributed by atoms with Crippen molar-refractivity contribution in [1.29, 1.82) is 0 Å². The largest absolute Gasteiger partial charge is 1.00 e. The summed E-state index contributed by atoms with van der Waals surface area (Å²) in [6.07, 6.45) is 6.79. The Bertz CT molecular complexity index is 628. The topological polar surface area (TPSA) is 71.0 Å². The summed E-state index contributed by atoms with van der Waals surface area (Å²) in [5.74, 6) is 0.494. The van der Waals surface area contributed by atoms with Gasteiger partial charge in [0.2, 0.25) is 0 Å². The maximum absolute atomic E-state index is 10.4. The maximum atomic E-state index is 10.4. The zero-order chi connectivity index (χ0) is 16.7.